The molecule has 1 amide bonds. The first-order chi connectivity index (χ1) is 13.2. The van der Waals surface area contributed by atoms with Crippen molar-refractivity contribution in [1.82, 2.24) is 4.90 Å². The van der Waals surface area contributed by atoms with E-state index in [0.29, 0.717) is 5.69 Å². The van der Waals surface area contributed by atoms with Crippen molar-refractivity contribution in [3.05, 3.63) is 54.1 Å². The van der Waals surface area contributed by atoms with E-state index in [9.17, 15) is 19.5 Å². The predicted molar refractivity (Wildman–Crippen MR) is 106 cm³/mol. The fourth-order valence-electron chi connectivity index (χ4n) is 2.99. The van der Waals surface area contributed by atoms with Gasteiger partial charge in [0.2, 0.25) is 5.91 Å². The molecule has 0 aliphatic rings. The number of phenols is 1. The molecule has 0 saturated heterocycles. The van der Waals surface area contributed by atoms with Crippen LogP contribution < -0.4 is 10.1 Å². The van der Waals surface area contributed by atoms with Crippen molar-refractivity contribution in [2.45, 2.75) is 25.8 Å². The minimum atomic E-state index is -1.60. The normalized spacial score (nSPS) is 12.9. The van der Waals surface area contributed by atoms with Gasteiger partial charge in [0.05, 0.1) is 5.56 Å². The van der Waals surface area contributed by atoms with Gasteiger partial charge in [0.15, 0.2) is 11.3 Å². The average molecular weight is 384 g/mol. The molecule has 0 aliphatic carbocycles. The summed E-state index contributed by atoms with van der Waals surface area (Å²) >= 11 is 0. The number of Topliss-reactive ketones (excluding diaryl/α,β-unsaturated/α-hetero) is 1. The second kappa shape index (κ2) is 8.67. The van der Waals surface area contributed by atoms with Crippen LogP contribution in [-0.2, 0) is 9.59 Å². The lowest BCUT2D eigenvalue weighted by atomic mass is 9.85. The number of anilines is 1. The Bertz CT molecular complexity index is 877. The van der Waals surface area contributed by atoms with Gasteiger partial charge in [-0.05, 0) is 56.9 Å². The van der Waals surface area contributed by atoms with Gasteiger partial charge < -0.3 is 15.2 Å². The number of hydrogen-bond acceptors (Lipinski definition) is 6. The Kier molecular flexibility index (Phi) is 6.53. The fourth-order valence-corrected chi connectivity index (χ4v) is 2.99. The van der Waals surface area contributed by atoms with Gasteiger partial charge in [-0.15, -0.1) is 0 Å². The Labute approximate surface area is 163 Å². The number of hydrogen-bond donors (Lipinski definition) is 2. The summed E-state index contributed by atoms with van der Waals surface area (Å²) in [5.41, 5.74) is -0.988. The highest BCUT2D eigenvalue weighted by Crippen LogP contribution is 2.30. The van der Waals surface area contributed by atoms with Crippen molar-refractivity contribution < 1.29 is 24.2 Å². The molecule has 0 saturated carbocycles. The number of nitrogens with one attached hydrogen (secondary N) is 1. The van der Waals surface area contributed by atoms with Crippen molar-refractivity contribution in [2.75, 3.05) is 19.4 Å². The lowest BCUT2D eigenvalue weighted by Gasteiger charge is -2.35. The zero-order chi connectivity index (χ0) is 20.9. The van der Waals surface area contributed by atoms with Gasteiger partial charge in [-0.25, -0.2) is 4.79 Å². The molecule has 2 aromatic carbocycles. The van der Waals surface area contributed by atoms with Crippen molar-refractivity contribution in [1.29, 1.82) is 0 Å². The zero-order valence-corrected chi connectivity index (χ0v) is 16.4. The van der Waals surface area contributed by atoms with Crippen LogP contribution in [0.25, 0.3) is 0 Å². The fraction of sp³-hybridized carbons (Fsp3) is 0.286. The van der Waals surface area contributed by atoms with Crippen LogP contribution in [0.1, 0.15) is 30.6 Å². The minimum Gasteiger partial charge on any atom is -0.507 e. The molecule has 0 heterocycles. The summed E-state index contributed by atoms with van der Waals surface area (Å²) in [6.45, 7) is 3.10. The van der Waals surface area contributed by atoms with E-state index in [-0.39, 0.29) is 29.4 Å². The summed E-state index contributed by atoms with van der Waals surface area (Å²) in [4.78, 5) is 38.9. The maximum atomic E-state index is 13.2. The number of likely N-dealkylation sites (N-methyl/N-ethyl adjacent to an activating group) is 1. The SMILES string of the molecule is CCC(C(=O)Oc1ccc(NC(C)=O)cc1)(C(=O)c1ccccc1O)N(C)C. The van der Waals surface area contributed by atoms with Crippen LogP contribution in [0.3, 0.4) is 0 Å². The standard InChI is InChI=1S/C21H24N2O5/c1-5-21(23(3)4,19(26)17-8-6-7-9-18(17)25)20(27)28-16-12-10-15(11-13-16)22-14(2)24/h6-13,25H,5H2,1-4H3,(H,22,24). The van der Waals surface area contributed by atoms with Crippen molar-refractivity contribution in [3.63, 3.8) is 0 Å². The van der Waals surface area contributed by atoms with Crippen LogP contribution >= 0.6 is 0 Å². The lowest BCUT2D eigenvalue weighted by molar-refractivity contribution is -0.144. The quantitative estimate of drug-likeness (QED) is 0.330. The number of esters is 1. The monoisotopic (exact) mass is 384 g/mol. The van der Waals surface area contributed by atoms with Crippen molar-refractivity contribution in [2.24, 2.45) is 0 Å². The highest BCUT2D eigenvalue weighted by Gasteiger charge is 2.49. The van der Waals surface area contributed by atoms with Gasteiger partial charge in [-0.2, -0.15) is 0 Å². The first-order valence-electron chi connectivity index (χ1n) is 8.82. The van der Waals surface area contributed by atoms with Crippen LogP contribution in [0.2, 0.25) is 0 Å². The van der Waals surface area contributed by atoms with E-state index in [1.54, 1.807) is 45.3 Å². The van der Waals surface area contributed by atoms with E-state index in [1.165, 1.54) is 36.1 Å². The van der Waals surface area contributed by atoms with Gasteiger partial charge in [-0.1, -0.05) is 19.1 Å². The minimum absolute atomic E-state index is 0.0519. The number of rotatable bonds is 7. The number of ketones is 1. The Hall–Kier alpha value is -3.19. The summed E-state index contributed by atoms with van der Waals surface area (Å²) in [7, 11) is 3.23. The number of phenolic OH excluding ortho intramolecular Hbond substituents is 1. The number of carbonyl (C=O) groups excluding carboxylic acids is 3. The second-order valence-electron chi connectivity index (χ2n) is 6.55. The molecule has 0 radical (unpaired) electrons. The number of carbonyl (C=O) groups is 3. The van der Waals surface area contributed by atoms with Gasteiger partial charge >= 0.3 is 5.97 Å². The molecule has 7 nitrogen and oxygen atoms in total. The molecule has 0 spiro atoms. The molecule has 28 heavy (non-hydrogen) atoms. The average Bonchev–Trinajstić information content (AvgIpc) is 2.64. The molecule has 0 bridgehead atoms. The topological polar surface area (TPSA) is 95.9 Å². The molecule has 2 rings (SSSR count). The van der Waals surface area contributed by atoms with Crippen LogP contribution in [0.4, 0.5) is 5.69 Å². The van der Waals surface area contributed by atoms with Crippen molar-refractivity contribution >= 4 is 23.3 Å². The van der Waals surface area contributed by atoms with E-state index in [4.69, 9.17) is 4.74 Å². The number of benzene rings is 2. The maximum Gasteiger partial charge on any atom is 0.340 e. The van der Waals surface area contributed by atoms with Crippen LogP contribution in [-0.4, -0.2) is 47.3 Å². The highest BCUT2D eigenvalue weighted by atomic mass is 16.5. The van der Waals surface area contributed by atoms with E-state index < -0.39 is 17.3 Å². The van der Waals surface area contributed by atoms with Gasteiger partial charge in [0.1, 0.15) is 11.5 Å². The van der Waals surface area contributed by atoms with Gasteiger partial charge in [-0.3, -0.25) is 14.5 Å². The molecular formula is C21H24N2O5. The zero-order valence-electron chi connectivity index (χ0n) is 16.4. The third kappa shape index (κ3) is 4.20. The number of amides is 1. The lowest BCUT2D eigenvalue weighted by Crippen LogP contribution is -2.58. The molecule has 7 heteroatoms. The first-order valence-corrected chi connectivity index (χ1v) is 8.82. The van der Waals surface area contributed by atoms with Gasteiger partial charge in [0, 0.05) is 12.6 Å². The summed E-state index contributed by atoms with van der Waals surface area (Å²) in [6, 6.07) is 12.3. The number of nitrogens with zero attached hydrogens (tertiary/aromatic N) is 1. The predicted octanol–water partition coefficient (Wildman–Crippen LogP) is 2.85. The molecule has 1 atom stereocenters. The number of aromatic hydroxyl groups is 1. The molecule has 0 fully saturated rings. The Morgan fingerprint density at radius 3 is 2.18 bits per heavy atom. The van der Waals surface area contributed by atoms with Crippen LogP contribution in [0.5, 0.6) is 11.5 Å². The van der Waals surface area contributed by atoms with E-state index in [1.807, 2.05) is 0 Å². The maximum absolute atomic E-state index is 13.2. The molecule has 0 aromatic heterocycles. The summed E-state index contributed by atoms with van der Waals surface area (Å²) in [5.74, 6) is -1.46. The van der Waals surface area contributed by atoms with Crippen LogP contribution in [0.15, 0.2) is 48.5 Å². The highest BCUT2D eigenvalue weighted by molar-refractivity contribution is 6.17. The molecule has 0 aliphatic heterocycles. The molecular weight excluding hydrogens is 360 g/mol. The first kappa shape index (κ1) is 21.1. The number of ether oxygens (including phenoxy) is 1. The van der Waals surface area contributed by atoms with Crippen molar-refractivity contribution in [3.8, 4) is 11.5 Å². The molecule has 1 unspecified atom stereocenters. The Morgan fingerprint density at radius 2 is 1.68 bits per heavy atom. The second-order valence-corrected chi connectivity index (χ2v) is 6.55. The summed E-state index contributed by atoms with van der Waals surface area (Å²) < 4.78 is 5.48. The third-order valence-electron chi connectivity index (χ3n) is 4.52. The van der Waals surface area contributed by atoms with E-state index in [2.05, 4.69) is 5.32 Å². The molecule has 148 valence electrons. The smallest absolute Gasteiger partial charge is 0.340 e. The van der Waals surface area contributed by atoms with Crippen LogP contribution in [0, 0.1) is 0 Å². The Balaban J connectivity index is 2.34. The van der Waals surface area contributed by atoms with Gasteiger partial charge in [0.25, 0.3) is 0 Å². The number of para-hydroxylation sites is 1. The Morgan fingerprint density at radius 1 is 1.07 bits per heavy atom. The third-order valence-corrected chi connectivity index (χ3v) is 4.52. The molecule has 2 N–H and O–H groups in total. The van der Waals surface area contributed by atoms with E-state index >= 15 is 0 Å². The summed E-state index contributed by atoms with van der Waals surface area (Å²) in [5, 5.41) is 12.7. The largest absolute Gasteiger partial charge is 0.507 e. The molecule has 2 aromatic rings. The van der Waals surface area contributed by atoms with E-state index in [0.717, 1.165) is 0 Å². The summed E-state index contributed by atoms with van der Waals surface area (Å²) in [6.07, 6.45) is 0.149.